The minimum Gasteiger partial charge on any atom is -0.468 e. The lowest BCUT2D eigenvalue weighted by atomic mass is 9.80. The van der Waals surface area contributed by atoms with Crippen LogP contribution in [0.4, 0.5) is 4.39 Å². The van der Waals surface area contributed by atoms with E-state index in [2.05, 4.69) is 5.32 Å². The van der Waals surface area contributed by atoms with Crippen LogP contribution in [0.3, 0.4) is 0 Å². The van der Waals surface area contributed by atoms with E-state index in [0.717, 1.165) is 4.90 Å². The van der Waals surface area contributed by atoms with Gasteiger partial charge in [0, 0.05) is 12.6 Å². The summed E-state index contributed by atoms with van der Waals surface area (Å²) in [4.78, 5) is 38.9. The van der Waals surface area contributed by atoms with Crippen LogP contribution in [0.2, 0.25) is 0 Å². The molecule has 24 heavy (non-hydrogen) atoms. The molecule has 1 aromatic rings. The number of hydrogen-bond donors (Lipinski definition) is 1. The Morgan fingerprint density at radius 2 is 2.08 bits per heavy atom. The van der Waals surface area contributed by atoms with Gasteiger partial charge in [0.15, 0.2) is 0 Å². The zero-order chi connectivity index (χ0) is 17.6. The molecule has 4 atom stereocenters. The van der Waals surface area contributed by atoms with E-state index in [1.807, 2.05) is 0 Å². The third kappa shape index (κ3) is 2.15. The molecule has 6 nitrogen and oxygen atoms in total. The average molecular weight is 334 g/mol. The van der Waals surface area contributed by atoms with E-state index < -0.39 is 41.1 Å². The third-order valence-corrected chi connectivity index (χ3v) is 5.01. The number of nitrogens with zero attached hydrogens (tertiary/aromatic N) is 1. The van der Waals surface area contributed by atoms with Crippen LogP contribution in [-0.4, -0.2) is 41.9 Å². The lowest BCUT2D eigenvalue weighted by Gasteiger charge is -2.28. The number of halogens is 1. The summed E-state index contributed by atoms with van der Waals surface area (Å²) in [6.45, 7) is 3.49. The van der Waals surface area contributed by atoms with E-state index >= 15 is 0 Å². The Bertz CT molecular complexity index is 722. The van der Waals surface area contributed by atoms with E-state index in [0.29, 0.717) is 5.56 Å². The van der Waals surface area contributed by atoms with Gasteiger partial charge in [0.25, 0.3) is 0 Å². The van der Waals surface area contributed by atoms with Crippen molar-refractivity contribution in [1.82, 2.24) is 10.2 Å². The van der Waals surface area contributed by atoms with Crippen LogP contribution in [-0.2, 0) is 19.1 Å². The molecule has 2 aliphatic rings. The molecule has 0 saturated carbocycles. The molecule has 0 bridgehead atoms. The Morgan fingerprint density at radius 3 is 2.67 bits per heavy atom. The molecular weight excluding hydrogens is 315 g/mol. The number of ether oxygens (including phenoxy) is 1. The topological polar surface area (TPSA) is 75.7 Å². The van der Waals surface area contributed by atoms with Crippen molar-refractivity contribution in [3.8, 4) is 0 Å². The minimum absolute atomic E-state index is 0.234. The van der Waals surface area contributed by atoms with Gasteiger partial charge in [-0.2, -0.15) is 0 Å². The molecule has 0 radical (unpaired) electrons. The molecule has 0 aromatic heterocycles. The summed E-state index contributed by atoms with van der Waals surface area (Å²) in [7, 11) is 1.23. The van der Waals surface area contributed by atoms with Crippen LogP contribution in [0, 0.1) is 17.7 Å². The average Bonchev–Trinajstić information content (AvgIpc) is 3.01. The summed E-state index contributed by atoms with van der Waals surface area (Å²) < 4.78 is 18.5. The summed E-state index contributed by atoms with van der Waals surface area (Å²) in [5.74, 6) is -3.43. The highest BCUT2D eigenvalue weighted by atomic mass is 19.1. The largest absolute Gasteiger partial charge is 0.468 e. The van der Waals surface area contributed by atoms with E-state index in [1.54, 1.807) is 19.9 Å². The third-order valence-electron chi connectivity index (χ3n) is 5.01. The molecule has 128 valence electrons. The van der Waals surface area contributed by atoms with Crippen LogP contribution in [0.15, 0.2) is 24.3 Å². The van der Waals surface area contributed by atoms with Crippen LogP contribution < -0.4 is 5.32 Å². The maximum atomic E-state index is 13.6. The predicted octanol–water partition coefficient (Wildman–Crippen LogP) is 1.02. The summed E-state index contributed by atoms with van der Waals surface area (Å²) in [6.07, 6.45) is 0. The van der Waals surface area contributed by atoms with Crippen molar-refractivity contribution in [2.45, 2.75) is 25.4 Å². The SMILES string of the molecule is CCN1C(=O)C2C(c3cccc(F)c3)NC(C)(C(=O)OC)C2C1=O. The number of benzene rings is 1. The fourth-order valence-electron chi connectivity index (χ4n) is 3.90. The molecule has 2 heterocycles. The zero-order valence-electron chi connectivity index (χ0n) is 13.7. The first-order valence-electron chi connectivity index (χ1n) is 7.82. The Hall–Kier alpha value is -2.28. The van der Waals surface area contributed by atoms with Gasteiger partial charge in [-0.05, 0) is 31.5 Å². The number of carbonyl (C=O) groups excluding carboxylic acids is 3. The summed E-state index contributed by atoms with van der Waals surface area (Å²) >= 11 is 0. The highest BCUT2D eigenvalue weighted by molar-refractivity contribution is 6.09. The first kappa shape index (κ1) is 16.6. The molecule has 0 spiro atoms. The standard InChI is InChI=1S/C17H19FN2O4/c1-4-20-14(21)11-12(15(20)22)17(2,16(23)24-3)19-13(11)9-6-5-7-10(18)8-9/h5-8,11-13,19H,4H2,1-3H3. The van der Waals surface area contributed by atoms with Crippen molar-refractivity contribution in [1.29, 1.82) is 0 Å². The van der Waals surface area contributed by atoms with Gasteiger partial charge in [0.1, 0.15) is 11.4 Å². The van der Waals surface area contributed by atoms with Crippen LogP contribution in [0.25, 0.3) is 0 Å². The lowest BCUT2D eigenvalue weighted by Crippen LogP contribution is -2.53. The van der Waals surface area contributed by atoms with E-state index in [1.165, 1.54) is 25.3 Å². The first-order chi connectivity index (χ1) is 11.3. The van der Waals surface area contributed by atoms with Crippen LogP contribution >= 0.6 is 0 Å². The minimum atomic E-state index is -1.34. The fraction of sp³-hybridized carbons (Fsp3) is 0.471. The molecule has 0 aliphatic carbocycles. The van der Waals surface area contributed by atoms with Gasteiger partial charge in [-0.15, -0.1) is 0 Å². The molecule has 2 saturated heterocycles. The molecule has 4 unspecified atom stereocenters. The molecule has 7 heteroatoms. The van der Waals surface area contributed by atoms with E-state index in [9.17, 15) is 18.8 Å². The number of hydrogen-bond acceptors (Lipinski definition) is 5. The Kier molecular flexibility index (Phi) is 3.91. The van der Waals surface area contributed by atoms with Gasteiger partial charge in [-0.1, -0.05) is 12.1 Å². The van der Waals surface area contributed by atoms with Crippen LogP contribution in [0.5, 0.6) is 0 Å². The van der Waals surface area contributed by atoms with Crippen molar-refractivity contribution < 1.29 is 23.5 Å². The number of fused-ring (bicyclic) bond motifs is 1. The van der Waals surface area contributed by atoms with Gasteiger partial charge >= 0.3 is 5.97 Å². The molecule has 1 aromatic carbocycles. The summed E-state index contributed by atoms with van der Waals surface area (Å²) in [5, 5.41) is 3.06. The quantitative estimate of drug-likeness (QED) is 0.660. The second-order valence-corrected chi connectivity index (χ2v) is 6.30. The van der Waals surface area contributed by atoms with E-state index in [4.69, 9.17) is 4.74 Å². The van der Waals surface area contributed by atoms with Crippen molar-refractivity contribution in [3.63, 3.8) is 0 Å². The molecule has 2 fully saturated rings. The fourth-order valence-corrected chi connectivity index (χ4v) is 3.90. The molecular formula is C17H19FN2O4. The Morgan fingerprint density at radius 1 is 1.38 bits per heavy atom. The summed E-state index contributed by atoms with van der Waals surface area (Å²) in [6, 6.07) is 5.18. The predicted molar refractivity (Wildman–Crippen MR) is 82.1 cm³/mol. The molecule has 2 aliphatic heterocycles. The smallest absolute Gasteiger partial charge is 0.326 e. The number of methoxy groups -OCH3 is 1. The number of carbonyl (C=O) groups is 3. The number of amides is 2. The molecule has 1 N–H and O–H groups in total. The zero-order valence-corrected chi connectivity index (χ0v) is 13.7. The maximum absolute atomic E-state index is 13.6. The van der Waals surface area contributed by atoms with Gasteiger partial charge < -0.3 is 4.74 Å². The van der Waals surface area contributed by atoms with Crippen molar-refractivity contribution in [2.24, 2.45) is 11.8 Å². The first-order valence-corrected chi connectivity index (χ1v) is 7.82. The van der Waals surface area contributed by atoms with Crippen molar-refractivity contribution in [2.75, 3.05) is 13.7 Å². The highest BCUT2D eigenvalue weighted by Crippen LogP contribution is 2.48. The van der Waals surface area contributed by atoms with Crippen molar-refractivity contribution in [3.05, 3.63) is 35.6 Å². The second kappa shape index (κ2) is 5.66. The van der Waals surface area contributed by atoms with Gasteiger partial charge in [0.05, 0.1) is 18.9 Å². The normalized spacial score (nSPS) is 32.2. The number of likely N-dealkylation sites (tertiary alicyclic amines) is 1. The Labute approximate surface area is 139 Å². The lowest BCUT2D eigenvalue weighted by molar-refractivity contribution is -0.153. The molecule has 2 amide bonds. The van der Waals surface area contributed by atoms with Crippen LogP contribution in [0.1, 0.15) is 25.5 Å². The highest BCUT2D eigenvalue weighted by Gasteiger charge is 2.66. The Balaban J connectivity index is 2.11. The van der Waals surface area contributed by atoms with E-state index in [-0.39, 0.29) is 12.5 Å². The maximum Gasteiger partial charge on any atom is 0.326 e. The monoisotopic (exact) mass is 334 g/mol. The van der Waals surface area contributed by atoms with Crippen molar-refractivity contribution >= 4 is 17.8 Å². The van der Waals surface area contributed by atoms with Gasteiger partial charge in [0.2, 0.25) is 11.8 Å². The number of rotatable bonds is 3. The molecule has 3 rings (SSSR count). The number of imide groups is 1. The number of esters is 1. The summed E-state index contributed by atoms with van der Waals surface area (Å²) in [5.41, 5.74) is -0.815. The number of nitrogens with one attached hydrogen (secondary N) is 1. The second-order valence-electron chi connectivity index (χ2n) is 6.30. The van der Waals surface area contributed by atoms with Gasteiger partial charge in [-0.25, -0.2) is 4.39 Å². The van der Waals surface area contributed by atoms with Gasteiger partial charge in [-0.3, -0.25) is 24.6 Å².